The number of ether oxygens (including phenoxy) is 3. The molecule has 14 rings (SSSR count). The average Bonchev–Trinajstić information content (AvgIpc) is 1.60. The Morgan fingerprint density at radius 2 is 0.539 bits per heavy atom. The van der Waals surface area contributed by atoms with E-state index in [4.69, 9.17) is 15.5 Å². The number of hydrogen-bond donors (Lipinski definition) is 0. The summed E-state index contributed by atoms with van der Waals surface area (Å²) >= 11 is 0. The van der Waals surface area contributed by atoms with E-state index < -0.39 is 47.1 Å². The number of fused-ring (bicyclic) bond motifs is 1. The van der Waals surface area contributed by atoms with Crippen molar-refractivity contribution in [2.24, 2.45) is 11.8 Å². The maximum Gasteiger partial charge on any atom is 0.348 e. The van der Waals surface area contributed by atoms with E-state index in [1.165, 1.54) is 6.92 Å². The van der Waals surface area contributed by atoms with Gasteiger partial charge in [-0.15, -0.1) is 0 Å². The molecule has 0 spiro atoms. The molecule has 13 nitrogen and oxygen atoms in total. The molecule has 0 amide bonds. The zero-order valence-corrected chi connectivity index (χ0v) is 59.9. The maximum atomic E-state index is 14.2. The Morgan fingerprint density at radius 3 is 0.755 bits per heavy atom. The first kappa shape index (κ1) is 69.7. The summed E-state index contributed by atoms with van der Waals surface area (Å²) in [6.07, 6.45) is 0. The molecule has 12 aromatic carbocycles. The third kappa shape index (κ3) is 15.5. The van der Waals surface area contributed by atoms with Crippen molar-refractivity contribution in [2.45, 2.75) is 13.8 Å². The minimum atomic E-state index is -1.67. The van der Waals surface area contributed by atoms with Gasteiger partial charge in [0.05, 0.1) is 6.61 Å². The summed E-state index contributed by atoms with van der Waals surface area (Å²) in [7, 11) is 3.75. The molecule has 2 atom stereocenters. The Balaban J connectivity index is 0.000000200. The summed E-state index contributed by atoms with van der Waals surface area (Å²) in [6.45, 7) is 2.82. The second kappa shape index (κ2) is 33.1. The fourth-order valence-electron chi connectivity index (χ4n) is 12.4. The topological polar surface area (TPSA) is 143 Å². The van der Waals surface area contributed by atoms with E-state index >= 15 is 0 Å². The molecule has 0 aliphatic carbocycles. The van der Waals surface area contributed by atoms with Crippen LogP contribution >= 0.6 is 0 Å². The van der Waals surface area contributed by atoms with Gasteiger partial charge in [-0.1, -0.05) is 146 Å². The van der Waals surface area contributed by atoms with Crippen LogP contribution in [0, 0.1) is 42.9 Å². The molecule has 0 N–H and O–H groups in total. The molecule has 15 heteroatoms. The standard InChI is InChI=1S/C45H38N2O5.C42H28N2O4.BH.U/c1-3-52-45(51)42(44(50)34-26-30-40(31-27-34)47(37-20-12-6-13-21-37)38-22-14-7-15-23-38)41(32(2)48)43(49)33-24-28-39(29-25-33)46(35-16-8-4-9-17-35)36-18-10-5-11-19-36;45-41-37-38(40(48-41)30-23-27-36(28-24-30)44(33-17-9-3-10-18-33)34-19-11-4-12-20-34)42(46)47-39(37)29-21-25-35(26-22-29)43(31-13-5-1-6-14-31)32-15-7-2-8-16-32;;/h4-31,41-42H,3H2,1-2H3;1-28H;1H;/i;;1D;. The molecule has 0 fully saturated rings. The number of hydrogen-bond acceptors (Lipinski definition) is 13. The summed E-state index contributed by atoms with van der Waals surface area (Å²) in [5, 5.41) is 0. The van der Waals surface area contributed by atoms with Crippen LogP contribution in [0.3, 0.4) is 0 Å². The fraction of sp³-hybridized carbons (Fsp3) is 0.0575. The average molecular weight is 1560 g/mol. The largest absolute Gasteiger partial charge is 0.465 e. The van der Waals surface area contributed by atoms with E-state index in [0.29, 0.717) is 11.1 Å². The zero-order valence-electron chi connectivity index (χ0n) is 56.7. The van der Waals surface area contributed by atoms with Crippen LogP contribution in [0.1, 0.15) is 45.7 Å². The first-order valence-corrected chi connectivity index (χ1v) is 32.7. The predicted octanol–water partition coefficient (Wildman–Crippen LogP) is 19.3. The Hall–Kier alpha value is -12.1. The Kier molecular flexibility index (Phi) is 22.7. The number of nitrogens with zero attached hydrogens (tertiary/aromatic N) is 4. The Labute approximate surface area is 619 Å². The molecular formula is C87H67BN4O9U. The van der Waals surface area contributed by atoms with Crippen LogP contribution in [0.4, 0.5) is 68.2 Å². The van der Waals surface area contributed by atoms with Gasteiger partial charge in [0, 0.05) is 130 Å². The van der Waals surface area contributed by atoms with Crippen molar-refractivity contribution >= 4 is 123 Å². The van der Waals surface area contributed by atoms with Crippen LogP contribution in [-0.2, 0) is 33.4 Å². The molecule has 2 radical (unpaired) electrons. The third-order valence-electron chi connectivity index (χ3n) is 17.1. The number of benzene rings is 12. The molecule has 0 aromatic heterocycles. The first-order chi connectivity index (χ1) is 50.0. The summed E-state index contributed by atoms with van der Waals surface area (Å²) in [5.74, 6) is -6.90. The van der Waals surface area contributed by atoms with Crippen molar-refractivity contribution in [3.8, 4) is 0 Å². The van der Waals surface area contributed by atoms with Gasteiger partial charge in [-0.2, -0.15) is 0 Å². The van der Waals surface area contributed by atoms with E-state index in [2.05, 4.69) is 18.2 Å². The van der Waals surface area contributed by atoms with Gasteiger partial charge < -0.3 is 33.8 Å². The van der Waals surface area contributed by atoms with Crippen LogP contribution < -0.4 is 19.6 Å². The zero-order chi connectivity index (χ0) is 70.9. The molecular weight excluding hydrogens is 1490 g/mol. The van der Waals surface area contributed by atoms with Crippen LogP contribution in [0.2, 0.25) is 0 Å². The van der Waals surface area contributed by atoms with Crippen LogP contribution in [0.25, 0.3) is 11.5 Å². The quantitative estimate of drug-likeness (QED) is 0.0209. The van der Waals surface area contributed by atoms with Gasteiger partial charge in [0.15, 0.2) is 23.1 Å². The van der Waals surface area contributed by atoms with Crippen molar-refractivity contribution < 1.29 is 74.1 Å². The van der Waals surface area contributed by atoms with E-state index in [0.717, 1.165) is 68.2 Å². The van der Waals surface area contributed by atoms with Crippen LogP contribution in [-0.4, -0.2) is 51.6 Å². The molecule has 0 bridgehead atoms. The van der Waals surface area contributed by atoms with E-state index in [-0.39, 0.29) is 71.5 Å². The molecule has 2 aliphatic rings. The van der Waals surface area contributed by atoms with Gasteiger partial charge in [0.2, 0.25) is 0 Å². The van der Waals surface area contributed by atoms with Gasteiger partial charge in [0.25, 0.3) is 0 Å². The predicted molar refractivity (Wildman–Crippen MR) is 401 cm³/mol. The summed E-state index contributed by atoms with van der Waals surface area (Å²) in [4.78, 5) is 90.0. The van der Waals surface area contributed by atoms with E-state index in [9.17, 15) is 28.8 Å². The number of cyclic esters (lactones) is 2. The number of ketones is 3. The van der Waals surface area contributed by atoms with Crippen molar-refractivity contribution in [1.29, 1.82) is 1.34 Å². The van der Waals surface area contributed by atoms with Crippen LogP contribution in [0.5, 0.6) is 0 Å². The monoisotopic (exact) mass is 1560 g/mol. The van der Waals surface area contributed by atoms with E-state index in [1.54, 1.807) is 55.5 Å². The van der Waals surface area contributed by atoms with Gasteiger partial charge in [-0.3, -0.25) is 19.2 Å². The second-order valence-electron chi connectivity index (χ2n) is 23.4. The second-order valence-corrected chi connectivity index (χ2v) is 23.4. The van der Waals surface area contributed by atoms with Crippen molar-refractivity contribution in [3.63, 3.8) is 0 Å². The van der Waals surface area contributed by atoms with E-state index in [1.807, 2.05) is 301 Å². The minimum Gasteiger partial charge on any atom is -0.465 e. The molecule has 0 saturated heterocycles. The number of carbonyl (C=O) groups is 6. The number of rotatable bonds is 22. The number of carbonyl (C=O) groups excluding carboxylic acids is 6. The minimum absolute atomic E-state index is 0. The number of anilines is 12. The Bertz CT molecular complexity index is 4640. The number of esters is 3. The molecule has 12 aromatic rings. The molecule has 0 saturated carbocycles. The van der Waals surface area contributed by atoms with Crippen molar-refractivity contribution in [2.75, 3.05) is 26.2 Å². The molecule has 496 valence electrons. The Morgan fingerprint density at radius 1 is 0.333 bits per heavy atom. The van der Waals surface area contributed by atoms with Crippen molar-refractivity contribution in [1.82, 2.24) is 0 Å². The van der Waals surface area contributed by atoms with Gasteiger partial charge in [-0.25, -0.2) is 9.59 Å². The van der Waals surface area contributed by atoms with Gasteiger partial charge in [0.1, 0.15) is 28.8 Å². The summed E-state index contributed by atoms with van der Waals surface area (Å²) < 4.78 is 22.0. The third-order valence-corrected chi connectivity index (χ3v) is 17.1. The first-order valence-electron chi connectivity index (χ1n) is 33.3. The smallest absolute Gasteiger partial charge is 0.348 e. The molecule has 2 aliphatic heterocycles. The number of Topliss-reactive ketones (excluding diaryl/α,β-unsaturated/α-hetero) is 3. The molecule has 2 heterocycles. The maximum absolute atomic E-state index is 14.2. The number of para-hydroxylation sites is 8. The SMILES string of the molecule is CCOC(=O)C(C(=O)c1ccc(N(c2ccccc2)c2ccccc2)cc1)C(C(C)=O)C(=O)c1ccc(N(c2ccccc2)c2ccccc2)cc1.O=C1OC(c2ccc(N(c3ccccc3)c3ccccc3)cc2)=C2C(=O)OC(c3ccc(N(c4ccccc4)c4ccccc4)cc3)=C12.[2H][B].[U]. The van der Waals surface area contributed by atoms with Gasteiger partial charge >= 0.3 is 17.9 Å². The molecule has 102 heavy (non-hydrogen) atoms. The fourth-order valence-corrected chi connectivity index (χ4v) is 12.4. The molecule has 2 unspecified atom stereocenters. The summed E-state index contributed by atoms with van der Waals surface area (Å²) in [6, 6.07) is 108. The normalized spacial score (nSPS) is 12.5. The van der Waals surface area contributed by atoms with Crippen LogP contribution in [0.15, 0.2) is 351 Å². The van der Waals surface area contributed by atoms with Gasteiger partial charge in [-0.05, 0) is 209 Å². The summed E-state index contributed by atoms with van der Waals surface area (Å²) in [5.41, 5.74) is 12.9. The van der Waals surface area contributed by atoms with Crippen molar-refractivity contribution in [3.05, 3.63) is 373 Å².